The Hall–Kier alpha value is -1.11. The minimum absolute atomic E-state index is 0.0521. The third kappa shape index (κ3) is 2.89. The molecule has 0 atom stereocenters. The molecular formula is C2H4N4. The van der Waals surface area contributed by atoms with E-state index in [0.29, 0.717) is 0 Å². The second kappa shape index (κ2) is 3.89. The molecule has 0 aromatic carbocycles. The Bertz CT molecular complexity index is 78.0. The first-order valence-electron chi connectivity index (χ1n) is 1.35. The summed E-state index contributed by atoms with van der Waals surface area (Å²) in [5.41, 5.74) is 0. The molecule has 0 aliphatic rings. The van der Waals surface area contributed by atoms with Crippen molar-refractivity contribution in [3.8, 4) is 6.07 Å². The third-order valence-electron chi connectivity index (χ3n) is 0.223. The van der Waals surface area contributed by atoms with Crippen molar-refractivity contribution in [1.82, 2.24) is 0 Å². The molecule has 0 fully saturated rings. The van der Waals surface area contributed by atoms with Gasteiger partial charge in [-0.3, -0.25) is 0 Å². The zero-order valence-corrected chi connectivity index (χ0v) is 3.13. The summed E-state index contributed by atoms with van der Waals surface area (Å²) in [7, 11) is 0. The van der Waals surface area contributed by atoms with Gasteiger partial charge in [-0.25, -0.2) is 0 Å². The molecule has 0 aliphatic heterocycles. The summed E-state index contributed by atoms with van der Waals surface area (Å²) in [6.07, 6.45) is 0. The molecule has 0 saturated carbocycles. The molecule has 6 heavy (non-hydrogen) atoms. The smallest absolute Gasteiger partial charge is 0.149 e. The van der Waals surface area contributed by atoms with Gasteiger partial charge in [-0.1, -0.05) is 5.22 Å². The van der Waals surface area contributed by atoms with Crippen LogP contribution in [0.2, 0.25) is 0 Å². The van der Waals surface area contributed by atoms with Crippen LogP contribution in [0.5, 0.6) is 0 Å². The molecule has 4 nitrogen and oxygen atoms in total. The van der Waals surface area contributed by atoms with Crippen LogP contribution in [0.1, 0.15) is 0 Å². The van der Waals surface area contributed by atoms with Gasteiger partial charge in [0.2, 0.25) is 0 Å². The van der Waals surface area contributed by atoms with Crippen LogP contribution in [0.25, 0.3) is 0 Å². The lowest BCUT2D eigenvalue weighted by molar-refractivity contribution is 0.971. The number of hydrogen-bond acceptors (Lipinski definition) is 3. The fraction of sp³-hybridized carbons (Fsp3) is 0.500. The topological polar surface area (TPSA) is 74.5 Å². The van der Waals surface area contributed by atoms with Crippen molar-refractivity contribution in [2.75, 3.05) is 6.54 Å². The number of nitrogens with two attached hydrogens (primary N) is 1. The predicted octanol–water partition coefficient (Wildman–Crippen LogP) is -0.164. The lowest BCUT2D eigenvalue weighted by atomic mass is 10.8. The molecule has 0 bridgehead atoms. The largest absolute Gasteiger partial charge is 0.305 e. The van der Waals surface area contributed by atoms with Gasteiger partial charge in [-0.05, 0) is 0 Å². The third-order valence-corrected chi connectivity index (χ3v) is 0.223. The van der Waals surface area contributed by atoms with E-state index in [-0.39, 0.29) is 6.54 Å². The van der Waals surface area contributed by atoms with Gasteiger partial charge in [-0.2, -0.15) is 10.4 Å². The first-order valence-corrected chi connectivity index (χ1v) is 1.35. The van der Waals surface area contributed by atoms with Crippen LogP contribution in [-0.2, 0) is 0 Å². The van der Waals surface area contributed by atoms with E-state index in [1.807, 2.05) is 0 Å². The maximum Gasteiger partial charge on any atom is 0.149 e. The summed E-state index contributed by atoms with van der Waals surface area (Å²) in [4.78, 5) is 0. The summed E-state index contributed by atoms with van der Waals surface area (Å²) in [6.45, 7) is 0.0521. The second-order valence-corrected chi connectivity index (χ2v) is 0.573. The Labute approximate surface area is 35.3 Å². The van der Waals surface area contributed by atoms with Gasteiger partial charge in [0, 0.05) is 0 Å². The van der Waals surface area contributed by atoms with Gasteiger partial charge in [-0.15, -0.1) is 0 Å². The van der Waals surface area contributed by atoms with Crippen molar-refractivity contribution in [1.29, 1.82) is 5.26 Å². The fourth-order valence-electron chi connectivity index (χ4n) is 0.0724. The Balaban J connectivity index is 2.92. The molecule has 0 amide bonds. The van der Waals surface area contributed by atoms with Crippen LogP contribution >= 0.6 is 0 Å². The lowest BCUT2D eigenvalue weighted by Crippen LogP contribution is -1.76. The SMILES string of the molecule is N#CCN=NN. The van der Waals surface area contributed by atoms with Gasteiger partial charge in [0.15, 0.2) is 0 Å². The fourth-order valence-corrected chi connectivity index (χ4v) is 0.0724. The summed E-state index contributed by atoms with van der Waals surface area (Å²) in [6, 6.07) is 1.73. The van der Waals surface area contributed by atoms with Gasteiger partial charge < -0.3 is 5.84 Å². The quantitative estimate of drug-likeness (QED) is 0.207. The average molecular weight is 84.1 g/mol. The maximum atomic E-state index is 7.74. The van der Waals surface area contributed by atoms with Crippen LogP contribution in [-0.4, -0.2) is 6.54 Å². The molecule has 32 valence electrons. The highest BCUT2D eigenvalue weighted by atomic mass is 15.3. The van der Waals surface area contributed by atoms with Crippen LogP contribution in [0.3, 0.4) is 0 Å². The molecule has 0 aromatic rings. The number of nitriles is 1. The predicted molar refractivity (Wildman–Crippen MR) is 19.5 cm³/mol. The van der Waals surface area contributed by atoms with Crippen molar-refractivity contribution in [2.24, 2.45) is 16.2 Å². The number of nitrogens with zero attached hydrogens (tertiary/aromatic N) is 3. The Morgan fingerprint density at radius 3 is 2.67 bits per heavy atom. The minimum Gasteiger partial charge on any atom is -0.305 e. The summed E-state index contributed by atoms with van der Waals surface area (Å²) in [5.74, 6) is 4.52. The van der Waals surface area contributed by atoms with Crippen LogP contribution < -0.4 is 5.84 Å². The first-order chi connectivity index (χ1) is 2.91. The Morgan fingerprint density at radius 2 is 2.50 bits per heavy atom. The van der Waals surface area contributed by atoms with Crippen molar-refractivity contribution in [3.63, 3.8) is 0 Å². The van der Waals surface area contributed by atoms with Gasteiger partial charge in [0.25, 0.3) is 0 Å². The molecule has 0 heterocycles. The maximum absolute atomic E-state index is 7.74. The van der Waals surface area contributed by atoms with Crippen LogP contribution in [0.4, 0.5) is 0 Å². The van der Waals surface area contributed by atoms with E-state index in [4.69, 9.17) is 5.26 Å². The monoisotopic (exact) mass is 84.0 g/mol. The average Bonchev–Trinajstić information content (AvgIpc) is 1.61. The minimum atomic E-state index is 0.0521. The van der Waals surface area contributed by atoms with Crippen molar-refractivity contribution < 1.29 is 0 Å². The first kappa shape index (κ1) is 4.89. The van der Waals surface area contributed by atoms with Gasteiger partial charge >= 0.3 is 0 Å². The standard InChI is InChI=1S/C2H4N4/c3-1-2-5-6-4/h2H2,(H2,4,5). The van der Waals surface area contributed by atoms with E-state index in [1.165, 1.54) is 0 Å². The van der Waals surface area contributed by atoms with E-state index in [0.717, 1.165) is 0 Å². The van der Waals surface area contributed by atoms with Gasteiger partial charge in [0.1, 0.15) is 6.54 Å². The normalized spacial score (nSPS) is 8.50. The molecule has 0 radical (unpaired) electrons. The number of hydrogen-bond donors (Lipinski definition) is 1. The highest BCUT2D eigenvalue weighted by Crippen LogP contribution is 1.60. The van der Waals surface area contributed by atoms with E-state index in [1.54, 1.807) is 6.07 Å². The van der Waals surface area contributed by atoms with Crippen LogP contribution in [0, 0.1) is 11.3 Å². The molecule has 0 unspecified atom stereocenters. The molecule has 4 heteroatoms. The van der Waals surface area contributed by atoms with E-state index >= 15 is 0 Å². The Kier molecular flexibility index (Phi) is 3.17. The molecular weight excluding hydrogens is 80.0 g/mol. The molecule has 2 N–H and O–H groups in total. The van der Waals surface area contributed by atoms with E-state index in [9.17, 15) is 0 Å². The molecule has 0 aliphatic carbocycles. The van der Waals surface area contributed by atoms with Gasteiger partial charge in [0.05, 0.1) is 6.07 Å². The lowest BCUT2D eigenvalue weighted by Gasteiger charge is -1.65. The summed E-state index contributed by atoms with van der Waals surface area (Å²) < 4.78 is 0. The summed E-state index contributed by atoms with van der Waals surface area (Å²) in [5, 5.41) is 13.7. The second-order valence-electron chi connectivity index (χ2n) is 0.573. The molecule has 0 saturated heterocycles. The molecule has 0 aromatic heterocycles. The zero-order chi connectivity index (χ0) is 4.83. The van der Waals surface area contributed by atoms with Crippen LogP contribution in [0.15, 0.2) is 10.3 Å². The van der Waals surface area contributed by atoms with E-state index in [2.05, 4.69) is 16.2 Å². The number of rotatable bonds is 1. The zero-order valence-electron chi connectivity index (χ0n) is 3.13. The van der Waals surface area contributed by atoms with Crippen molar-refractivity contribution >= 4 is 0 Å². The molecule has 0 spiro atoms. The molecule has 0 rings (SSSR count). The summed E-state index contributed by atoms with van der Waals surface area (Å²) >= 11 is 0. The Morgan fingerprint density at radius 1 is 1.83 bits per heavy atom. The van der Waals surface area contributed by atoms with Crippen molar-refractivity contribution in [3.05, 3.63) is 0 Å². The van der Waals surface area contributed by atoms with Crippen molar-refractivity contribution in [2.45, 2.75) is 0 Å². The highest BCUT2D eigenvalue weighted by Gasteiger charge is 1.63. The highest BCUT2D eigenvalue weighted by molar-refractivity contribution is 4.70. The van der Waals surface area contributed by atoms with E-state index < -0.39 is 0 Å².